The summed E-state index contributed by atoms with van der Waals surface area (Å²) >= 11 is 0. The number of carbonyl (C=O) groups excluding carboxylic acids is 2. The second kappa shape index (κ2) is 4.03. The Kier molecular flexibility index (Phi) is 2.57. The third-order valence-corrected chi connectivity index (χ3v) is 4.83. The van der Waals surface area contributed by atoms with E-state index in [9.17, 15) is 18.0 Å². The lowest BCUT2D eigenvalue weighted by atomic mass is 10.1. The molecule has 0 aliphatic carbocycles. The van der Waals surface area contributed by atoms with E-state index in [4.69, 9.17) is 0 Å². The maximum atomic E-state index is 12.0. The number of nitrogens with zero attached hydrogens (tertiary/aromatic N) is 3. The molecular weight excluding hydrogens is 276 g/mol. The van der Waals surface area contributed by atoms with Crippen LogP contribution >= 0.6 is 0 Å². The third kappa shape index (κ3) is 1.79. The van der Waals surface area contributed by atoms with Crippen molar-refractivity contribution in [2.75, 3.05) is 19.7 Å². The molecule has 3 heterocycles. The van der Waals surface area contributed by atoms with Crippen LogP contribution < -0.4 is 0 Å². The predicted octanol–water partition coefficient (Wildman–Crippen LogP) is -1.24. The van der Waals surface area contributed by atoms with E-state index < -0.39 is 28.1 Å². The summed E-state index contributed by atoms with van der Waals surface area (Å²) in [6.45, 7) is -0.132. The van der Waals surface area contributed by atoms with Crippen LogP contribution in [0.5, 0.6) is 0 Å². The zero-order valence-corrected chi connectivity index (χ0v) is 10.5. The number of carbonyl (C=O) groups is 2. The van der Waals surface area contributed by atoms with Gasteiger partial charge in [0.2, 0.25) is 0 Å². The third-order valence-electron chi connectivity index (χ3n) is 3.07. The first-order chi connectivity index (χ1) is 9.00. The molecule has 1 N–H and O–H groups in total. The van der Waals surface area contributed by atoms with Crippen molar-refractivity contribution in [3.63, 3.8) is 0 Å². The SMILES string of the molecule is O=C1COC(=O)N1C1CN(S(=O)(=O)c2cnc[nH]2)C1. The van der Waals surface area contributed by atoms with Crippen LogP contribution in [0.3, 0.4) is 0 Å². The van der Waals surface area contributed by atoms with E-state index in [0.717, 1.165) is 4.90 Å². The molecule has 2 aliphatic heterocycles. The number of nitrogens with one attached hydrogen (secondary N) is 1. The van der Waals surface area contributed by atoms with E-state index in [0.29, 0.717) is 0 Å². The molecule has 2 amide bonds. The number of cyclic esters (lactones) is 1. The minimum Gasteiger partial charge on any atom is -0.439 e. The summed E-state index contributed by atoms with van der Waals surface area (Å²) in [4.78, 5) is 29.8. The lowest BCUT2D eigenvalue weighted by molar-refractivity contribution is -0.128. The molecule has 9 nitrogen and oxygen atoms in total. The average molecular weight is 286 g/mol. The van der Waals surface area contributed by atoms with Crippen molar-refractivity contribution >= 4 is 22.0 Å². The van der Waals surface area contributed by atoms with E-state index in [2.05, 4.69) is 14.7 Å². The van der Waals surface area contributed by atoms with Gasteiger partial charge in [-0.2, -0.15) is 4.31 Å². The number of sulfonamides is 1. The first kappa shape index (κ1) is 12.1. The smallest absolute Gasteiger partial charge is 0.417 e. The standard InChI is InChI=1S/C9H10N4O5S/c14-8-4-18-9(15)13(8)6-2-12(3-6)19(16,17)7-1-10-5-11-7/h1,5-6H,2-4H2,(H,10,11). The minimum absolute atomic E-state index is 0.0127. The molecule has 3 rings (SSSR count). The fourth-order valence-electron chi connectivity index (χ4n) is 2.02. The van der Waals surface area contributed by atoms with Crippen LogP contribution in [0, 0.1) is 0 Å². The van der Waals surface area contributed by atoms with Gasteiger partial charge in [-0.15, -0.1) is 0 Å². The topological polar surface area (TPSA) is 113 Å². The summed E-state index contributed by atoms with van der Waals surface area (Å²) in [5, 5.41) is -0.0127. The van der Waals surface area contributed by atoms with E-state index in [1.54, 1.807) is 0 Å². The van der Waals surface area contributed by atoms with E-state index in [1.807, 2.05) is 0 Å². The fraction of sp³-hybridized carbons (Fsp3) is 0.444. The van der Waals surface area contributed by atoms with Crippen molar-refractivity contribution in [3.8, 4) is 0 Å². The van der Waals surface area contributed by atoms with Gasteiger partial charge in [-0.3, -0.25) is 4.79 Å². The number of aromatic amines is 1. The number of H-pyrrole nitrogens is 1. The molecule has 0 spiro atoms. The van der Waals surface area contributed by atoms with Gasteiger partial charge in [0, 0.05) is 13.1 Å². The van der Waals surface area contributed by atoms with Crippen LogP contribution in [0.4, 0.5) is 4.79 Å². The number of ether oxygens (including phenoxy) is 1. The molecule has 0 bridgehead atoms. The first-order valence-electron chi connectivity index (χ1n) is 5.47. The Morgan fingerprint density at radius 2 is 2.11 bits per heavy atom. The van der Waals surface area contributed by atoms with Gasteiger partial charge < -0.3 is 9.72 Å². The zero-order chi connectivity index (χ0) is 13.6. The molecule has 0 aromatic carbocycles. The Labute approximate surface area is 108 Å². The van der Waals surface area contributed by atoms with Crippen molar-refractivity contribution in [1.29, 1.82) is 0 Å². The van der Waals surface area contributed by atoms with Gasteiger partial charge in [0.1, 0.15) is 0 Å². The number of imidazole rings is 1. The second-order valence-electron chi connectivity index (χ2n) is 4.21. The monoisotopic (exact) mass is 286 g/mol. The molecule has 0 unspecified atom stereocenters. The maximum Gasteiger partial charge on any atom is 0.417 e. The van der Waals surface area contributed by atoms with E-state index >= 15 is 0 Å². The molecule has 102 valence electrons. The lowest BCUT2D eigenvalue weighted by Gasteiger charge is -2.40. The van der Waals surface area contributed by atoms with Crippen LogP contribution in [0.15, 0.2) is 17.6 Å². The van der Waals surface area contributed by atoms with Gasteiger partial charge in [0.25, 0.3) is 15.9 Å². The van der Waals surface area contributed by atoms with E-state index in [1.165, 1.54) is 16.8 Å². The summed E-state index contributed by atoms with van der Waals surface area (Å²) in [6.07, 6.45) is 1.76. The Morgan fingerprint density at radius 1 is 1.37 bits per heavy atom. The van der Waals surface area contributed by atoms with Crippen molar-refractivity contribution < 1.29 is 22.7 Å². The maximum absolute atomic E-state index is 12.0. The Balaban J connectivity index is 1.71. The van der Waals surface area contributed by atoms with Gasteiger partial charge in [0.05, 0.1) is 18.6 Å². The Bertz CT molecular complexity index is 603. The highest BCUT2D eigenvalue weighted by Gasteiger charge is 2.47. The van der Waals surface area contributed by atoms with E-state index in [-0.39, 0.29) is 24.7 Å². The van der Waals surface area contributed by atoms with Gasteiger partial charge >= 0.3 is 6.09 Å². The van der Waals surface area contributed by atoms with Crippen molar-refractivity contribution in [1.82, 2.24) is 19.2 Å². The summed E-state index contributed by atoms with van der Waals surface area (Å²) in [6, 6.07) is -0.458. The molecule has 0 radical (unpaired) electrons. The molecular formula is C9H10N4O5S. The molecule has 2 saturated heterocycles. The molecule has 1 aromatic rings. The average Bonchev–Trinajstić information content (AvgIpc) is 2.91. The molecule has 2 fully saturated rings. The largest absolute Gasteiger partial charge is 0.439 e. The molecule has 0 atom stereocenters. The van der Waals surface area contributed by atoms with Gasteiger partial charge in [-0.25, -0.2) is 23.1 Å². The van der Waals surface area contributed by atoms with Crippen molar-refractivity contribution in [2.45, 2.75) is 11.1 Å². The van der Waals surface area contributed by atoms with Crippen LogP contribution in [-0.2, 0) is 19.6 Å². The highest BCUT2D eigenvalue weighted by molar-refractivity contribution is 7.89. The van der Waals surface area contributed by atoms with Crippen LogP contribution in [0.2, 0.25) is 0 Å². The molecule has 10 heteroatoms. The Morgan fingerprint density at radius 3 is 2.63 bits per heavy atom. The summed E-state index contributed by atoms with van der Waals surface area (Å²) < 4.78 is 29.8. The van der Waals surface area contributed by atoms with Crippen LogP contribution in [-0.4, -0.2) is 65.3 Å². The number of aromatic nitrogens is 2. The minimum atomic E-state index is -3.63. The molecule has 19 heavy (non-hydrogen) atoms. The zero-order valence-electron chi connectivity index (χ0n) is 9.64. The normalized spacial score (nSPS) is 21.6. The number of rotatable bonds is 3. The van der Waals surface area contributed by atoms with Crippen LogP contribution in [0.25, 0.3) is 0 Å². The van der Waals surface area contributed by atoms with Gasteiger partial charge in [-0.05, 0) is 0 Å². The molecule has 0 saturated carbocycles. The second-order valence-corrected chi connectivity index (χ2v) is 6.12. The first-order valence-corrected chi connectivity index (χ1v) is 6.91. The number of hydrogen-bond donors (Lipinski definition) is 1. The van der Waals surface area contributed by atoms with Crippen molar-refractivity contribution in [3.05, 3.63) is 12.5 Å². The Hall–Kier alpha value is -1.94. The number of hydrogen-bond acceptors (Lipinski definition) is 6. The van der Waals surface area contributed by atoms with Crippen LogP contribution in [0.1, 0.15) is 0 Å². The quantitative estimate of drug-likeness (QED) is 0.743. The predicted molar refractivity (Wildman–Crippen MR) is 59.3 cm³/mol. The van der Waals surface area contributed by atoms with Gasteiger partial charge in [0.15, 0.2) is 11.6 Å². The van der Waals surface area contributed by atoms with Crippen molar-refractivity contribution in [2.24, 2.45) is 0 Å². The summed E-state index contributed by atoms with van der Waals surface area (Å²) in [5.74, 6) is -0.436. The summed E-state index contributed by atoms with van der Waals surface area (Å²) in [7, 11) is -3.63. The summed E-state index contributed by atoms with van der Waals surface area (Å²) in [5.41, 5.74) is 0. The number of imide groups is 1. The highest BCUT2D eigenvalue weighted by atomic mass is 32.2. The fourth-order valence-corrected chi connectivity index (χ4v) is 3.43. The lowest BCUT2D eigenvalue weighted by Crippen LogP contribution is -2.62. The number of amides is 2. The molecule has 2 aliphatic rings. The molecule has 1 aromatic heterocycles. The highest BCUT2D eigenvalue weighted by Crippen LogP contribution is 2.25. The van der Waals surface area contributed by atoms with Gasteiger partial charge in [-0.1, -0.05) is 0 Å².